The van der Waals surface area contributed by atoms with E-state index in [4.69, 9.17) is 5.73 Å². The van der Waals surface area contributed by atoms with Gasteiger partial charge in [-0.25, -0.2) is 0 Å². The molecule has 0 heterocycles. The van der Waals surface area contributed by atoms with Crippen molar-refractivity contribution >= 4 is 5.84 Å². The lowest BCUT2D eigenvalue weighted by Gasteiger charge is -2.07. The summed E-state index contributed by atoms with van der Waals surface area (Å²) in [4.78, 5) is 3.89. The van der Waals surface area contributed by atoms with Crippen molar-refractivity contribution in [1.82, 2.24) is 5.32 Å². The SMILES string of the molecule is C=CNC(=NC)C(C)N. The predicted octanol–water partition coefficient (Wildman–Crippen LogP) is 0.0950. The van der Waals surface area contributed by atoms with Crippen LogP contribution in [0.4, 0.5) is 0 Å². The number of amidine groups is 1. The van der Waals surface area contributed by atoms with Crippen LogP contribution in [0.15, 0.2) is 17.8 Å². The minimum Gasteiger partial charge on any atom is -0.350 e. The second kappa shape index (κ2) is 4.09. The van der Waals surface area contributed by atoms with E-state index in [-0.39, 0.29) is 6.04 Å². The van der Waals surface area contributed by atoms with E-state index < -0.39 is 0 Å². The molecule has 0 amide bonds. The van der Waals surface area contributed by atoms with Crippen molar-refractivity contribution in [2.45, 2.75) is 13.0 Å². The van der Waals surface area contributed by atoms with Crippen LogP contribution < -0.4 is 11.1 Å². The van der Waals surface area contributed by atoms with Gasteiger partial charge in [-0.1, -0.05) is 6.58 Å². The minimum atomic E-state index is -0.0481. The van der Waals surface area contributed by atoms with Crippen LogP contribution in [0.2, 0.25) is 0 Å². The van der Waals surface area contributed by atoms with E-state index in [0.717, 1.165) is 5.84 Å². The molecule has 52 valence electrons. The third-order valence-electron chi connectivity index (χ3n) is 0.922. The molecule has 9 heavy (non-hydrogen) atoms. The molecule has 0 saturated heterocycles. The smallest absolute Gasteiger partial charge is 0.117 e. The number of hydrogen-bond donors (Lipinski definition) is 2. The minimum absolute atomic E-state index is 0.0481. The van der Waals surface area contributed by atoms with Crippen molar-refractivity contribution in [3.63, 3.8) is 0 Å². The van der Waals surface area contributed by atoms with Gasteiger partial charge >= 0.3 is 0 Å². The third-order valence-corrected chi connectivity index (χ3v) is 0.922. The van der Waals surface area contributed by atoms with Crippen LogP contribution in [0, 0.1) is 0 Å². The lowest BCUT2D eigenvalue weighted by Crippen LogP contribution is -2.35. The second-order valence-corrected chi connectivity index (χ2v) is 1.75. The van der Waals surface area contributed by atoms with E-state index in [0.29, 0.717) is 0 Å². The fourth-order valence-electron chi connectivity index (χ4n) is 0.504. The van der Waals surface area contributed by atoms with Crippen molar-refractivity contribution < 1.29 is 0 Å². The van der Waals surface area contributed by atoms with Crippen molar-refractivity contribution in [1.29, 1.82) is 0 Å². The number of rotatable bonds is 2. The van der Waals surface area contributed by atoms with E-state index in [2.05, 4.69) is 16.9 Å². The summed E-state index contributed by atoms with van der Waals surface area (Å²) in [5.74, 6) is 0.755. The van der Waals surface area contributed by atoms with Gasteiger partial charge in [0.1, 0.15) is 5.84 Å². The number of nitrogens with zero attached hydrogens (tertiary/aromatic N) is 1. The summed E-state index contributed by atoms with van der Waals surface area (Å²) in [6, 6.07) is -0.0481. The Hall–Kier alpha value is -0.830. The second-order valence-electron chi connectivity index (χ2n) is 1.75. The van der Waals surface area contributed by atoms with Crippen molar-refractivity contribution in [2.75, 3.05) is 7.05 Å². The summed E-state index contributed by atoms with van der Waals surface area (Å²) in [7, 11) is 1.69. The van der Waals surface area contributed by atoms with Gasteiger partial charge in [0, 0.05) is 7.05 Å². The van der Waals surface area contributed by atoms with Gasteiger partial charge in [0.05, 0.1) is 6.04 Å². The molecule has 0 saturated carbocycles. The van der Waals surface area contributed by atoms with Crippen LogP contribution in [-0.4, -0.2) is 18.9 Å². The van der Waals surface area contributed by atoms with Gasteiger partial charge in [-0.3, -0.25) is 4.99 Å². The van der Waals surface area contributed by atoms with Crippen LogP contribution in [0.5, 0.6) is 0 Å². The molecule has 1 atom stereocenters. The molecule has 0 bridgehead atoms. The normalized spacial score (nSPS) is 14.8. The van der Waals surface area contributed by atoms with Crippen molar-refractivity contribution in [3.8, 4) is 0 Å². The maximum atomic E-state index is 5.49. The molecular formula is C6H13N3. The zero-order chi connectivity index (χ0) is 7.28. The highest BCUT2D eigenvalue weighted by molar-refractivity contribution is 5.87. The summed E-state index contributed by atoms with van der Waals surface area (Å²) in [5.41, 5.74) is 5.49. The molecule has 0 rings (SSSR count). The summed E-state index contributed by atoms with van der Waals surface area (Å²) < 4.78 is 0. The molecule has 3 heteroatoms. The topological polar surface area (TPSA) is 50.4 Å². The Morgan fingerprint density at radius 3 is 2.56 bits per heavy atom. The Labute approximate surface area is 55.7 Å². The maximum Gasteiger partial charge on any atom is 0.117 e. The summed E-state index contributed by atoms with van der Waals surface area (Å²) in [6.45, 7) is 5.34. The number of hydrogen-bond acceptors (Lipinski definition) is 2. The Balaban J connectivity index is 3.84. The molecule has 0 aliphatic heterocycles. The van der Waals surface area contributed by atoms with Gasteiger partial charge in [0.25, 0.3) is 0 Å². The molecule has 0 aliphatic rings. The fraction of sp³-hybridized carbons (Fsp3) is 0.500. The molecule has 0 aromatic carbocycles. The van der Waals surface area contributed by atoms with Crippen LogP contribution in [0.1, 0.15) is 6.92 Å². The molecule has 3 N–H and O–H groups in total. The van der Waals surface area contributed by atoms with Gasteiger partial charge in [0.15, 0.2) is 0 Å². The van der Waals surface area contributed by atoms with E-state index >= 15 is 0 Å². The first-order chi connectivity index (χ1) is 4.22. The van der Waals surface area contributed by atoms with Crippen LogP contribution in [0.3, 0.4) is 0 Å². The Morgan fingerprint density at radius 1 is 1.89 bits per heavy atom. The van der Waals surface area contributed by atoms with E-state index in [1.165, 1.54) is 0 Å². The molecule has 0 radical (unpaired) electrons. The average molecular weight is 127 g/mol. The number of nitrogens with one attached hydrogen (secondary N) is 1. The molecule has 1 unspecified atom stereocenters. The molecule has 3 nitrogen and oxygen atoms in total. The van der Waals surface area contributed by atoms with Crippen molar-refractivity contribution in [3.05, 3.63) is 12.8 Å². The monoisotopic (exact) mass is 127 g/mol. The van der Waals surface area contributed by atoms with E-state index in [1.807, 2.05) is 6.92 Å². The Morgan fingerprint density at radius 2 is 2.44 bits per heavy atom. The largest absolute Gasteiger partial charge is 0.350 e. The highest BCUT2D eigenvalue weighted by Crippen LogP contribution is 1.77. The molecule has 0 aromatic heterocycles. The summed E-state index contributed by atoms with van der Waals surface area (Å²) in [5, 5.41) is 2.82. The lowest BCUT2D eigenvalue weighted by atomic mass is 10.3. The van der Waals surface area contributed by atoms with Gasteiger partial charge in [0.2, 0.25) is 0 Å². The maximum absolute atomic E-state index is 5.49. The van der Waals surface area contributed by atoms with Gasteiger partial charge in [-0.15, -0.1) is 0 Å². The quantitative estimate of drug-likeness (QED) is 0.408. The lowest BCUT2D eigenvalue weighted by molar-refractivity contribution is 0.926. The number of aliphatic imine (C=N–C) groups is 1. The first-order valence-corrected chi connectivity index (χ1v) is 2.82. The van der Waals surface area contributed by atoms with E-state index in [1.54, 1.807) is 13.2 Å². The molecule has 0 aliphatic carbocycles. The van der Waals surface area contributed by atoms with Crippen LogP contribution >= 0.6 is 0 Å². The van der Waals surface area contributed by atoms with Crippen LogP contribution in [0.25, 0.3) is 0 Å². The van der Waals surface area contributed by atoms with Gasteiger partial charge < -0.3 is 11.1 Å². The number of nitrogens with two attached hydrogens (primary N) is 1. The highest BCUT2D eigenvalue weighted by Gasteiger charge is 1.98. The highest BCUT2D eigenvalue weighted by atomic mass is 15.0. The zero-order valence-electron chi connectivity index (χ0n) is 5.89. The van der Waals surface area contributed by atoms with Gasteiger partial charge in [-0.2, -0.15) is 0 Å². The zero-order valence-corrected chi connectivity index (χ0v) is 5.89. The Bertz CT molecular complexity index is 115. The molecular weight excluding hydrogens is 114 g/mol. The first-order valence-electron chi connectivity index (χ1n) is 2.82. The Kier molecular flexibility index (Phi) is 3.71. The molecule has 0 spiro atoms. The molecule has 0 aromatic rings. The van der Waals surface area contributed by atoms with Crippen LogP contribution in [-0.2, 0) is 0 Å². The average Bonchev–Trinajstić information content (AvgIpc) is 1.82. The predicted molar refractivity (Wildman–Crippen MR) is 40.3 cm³/mol. The fourth-order valence-corrected chi connectivity index (χ4v) is 0.504. The first kappa shape index (κ1) is 8.17. The summed E-state index contributed by atoms with van der Waals surface area (Å²) >= 11 is 0. The van der Waals surface area contributed by atoms with Gasteiger partial charge in [-0.05, 0) is 13.1 Å². The summed E-state index contributed by atoms with van der Waals surface area (Å²) in [6.07, 6.45) is 1.56. The van der Waals surface area contributed by atoms with E-state index in [9.17, 15) is 0 Å². The molecule has 0 fully saturated rings. The van der Waals surface area contributed by atoms with Crippen molar-refractivity contribution in [2.24, 2.45) is 10.7 Å². The standard InChI is InChI=1S/C6H13N3/c1-4-9-6(8-3)5(2)7/h4-5H,1,7H2,2-3H3,(H,8,9). The third kappa shape index (κ3) is 2.87.